The number of nitrogens with one attached hydrogen (secondary N) is 2. The van der Waals surface area contributed by atoms with E-state index in [4.69, 9.17) is 9.47 Å². The summed E-state index contributed by atoms with van der Waals surface area (Å²) in [5, 5.41) is 5.23. The molecule has 19 heavy (non-hydrogen) atoms. The van der Waals surface area contributed by atoms with E-state index in [1.165, 1.54) is 0 Å². The van der Waals surface area contributed by atoms with Gasteiger partial charge in [-0.1, -0.05) is 0 Å². The summed E-state index contributed by atoms with van der Waals surface area (Å²) in [6.45, 7) is 4.98. The maximum absolute atomic E-state index is 14.4. The first-order chi connectivity index (χ1) is 8.66. The lowest BCUT2D eigenvalue weighted by atomic mass is 9.78. The molecule has 0 saturated carbocycles. The van der Waals surface area contributed by atoms with Crippen LogP contribution in [0.5, 0.6) is 0 Å². The summed E-state index contributed by atoms with van der Waals surface area (Å²) in [5.41, 5.74) is -2.45. The number of amides is 1. The molecule has 0 aromatic rings. The Bertz CT molecular complexity index is 358. The van der Waals surface area contributed by atoms with Crippen LogP contribution in [0.15, 0.2) is 0 Å². The van der Waals surface area contributed by atoms with Gasteiger partial charge in [0.2, 0.25) is 0 Å². The normalized spacial score (nSPS) is 33.6. The van der Waals surface area contributed by atoms with Crippen molar-refractivity contribution in [2.45, 2.75) is 37.8 Å². The largest absolute Gasteiger partial charge is 0.444 e. The van der Waals surface area contributed by atoms with Crippen molar-refractivity contribution < 1.29 is 23.0 Å². The molecule has 2 N–H and O–H groups in total. The van der Waals surface area contributed by atoms with E-state index in [2.05, 4.69) is 10.6 Å². The lowest BCUT2D eigenvalue weighted by Crippen LogP contribution is -2.76. The second-order valence-electron chi connectivity index (χ2n) is 6.17. The fraction of sp³-hybridized carbons (Fsp3) is 0.917. The van der Waals surface area contributed by atoms with Crippen molar-refractivity contribution in [2.75, 3.05) is 26.3 Å². The number of hydrogen-bond donors (Lipinski definition) is 2. The van der Waals surface area contributed by atoms with Crippen molar-refractivity contribution in [3.05, 3.63) is 0 Å². The number of carbonyl (C=O) groups excluding carboxylic acids is 1. The first-order valence-electron chi connectivity index (χ1n) is 6.34. The number of rotatable bonds is 1. The standard InChI is InChI=1S/C12H20F2N2O3/c1-10(2,3)19-9(17)16-11-6-15-4-8(5-18-7-11)12(11,13)14/h8,15H,4-7H2,1-3H3,(H,16,17). The molecule has 2 heterocycles. The molecule has 7 heteroatoms. The zero-order chi connectivity index (χ0) is 14.3. The molecular formula is C12H20F2N2O3. The van der Waals surface area contributed by atoms with Crippen molar-refractivity contribution in [3.8, 4) is 0 Å². The Morgan fingerprint density at radius 2 is 2.16 bits per heavy atom. The van der Waals surface area contributed by atoms with E-state index >= 15 is 0 Å². The molecule has 0 aromatic heterocycles. The SMILES string of the molecule is CC(C)(C)OC(=O)NC12CNCC(COC1)C2(F)F. The van der Waals surface area contributed by atoms with E-state index in [1.807, 2.05) is 0 Å². The molecule has 2 atom stereocenters. The number of ether oxygens (including phenoxy) is 2. The number of halogens is 2. The van der Waals surface area contributed by atoms with Gasteiger partial charge in [0.25, 0.3) is 5.92 Å². The summed E-state index contributed by atoms with van der Waals surface area (Å²) in [7, 11) is 0. The van der Waals surface area contributed by atoms with Crippen LogP contribution >= 0.6 is 0 Å². The Hall–Kier alpha value is -0.950. The number of alkyl halides is 2. The molecule has 2 saturated heterocycles. The molecule has 5 nitrogen and oxygen atoms in total. The molecule has 2 aliphatic heterocycles. The van der Waals surface area contributed by atoms with E-state index in [9.17, 15) is 13.6 Å². The van der Waals surface area contributed by atoms with Gasteiger partial charge in [0.1, 0.15) is 11.1 Å². The predicted molar refractivity (Wildman–Crippen MR) is 64.2 cm³/mol. The van der Waals surface area contributed by atoms with Gasteiger partial charge in [0, 0.05) is 13.1 Å². The molecule has 2 aliphatic rings. The van der Waals surface area contributed by atoms with Gasteiger partial charge in [-0.05, 0) is 20.8 Å². The molecule has 2 fully saturated rings. The summed E-state index contributed by atoms with van der Waals surface area (Å²) >= 11 is 0. The number of hydrogen-bond acceptors (Lipinski definition) is 4. The van der Waals surface area contributed by atoms with Crippen LogP contribution in [0, 0.1) is 5.92 Å². The zero-order valence-corrected chi connectivity index (χ0v) is 11.4. The van der Waals surface area contributed by atoms with Gasteiger partial charge in [-0.25, -0.2) is 13.6 Å². The lowest BCUT2D eigenvalue weighted by molar-refractivity contribution is -0.216. The Balaban J connectivity index is 2.14. The summed E-state index contributed by atoms with van der Waals surface area (Å²) in [4.78, 5) is 11.8. The highest BCUT2D eigenvalue weighted by Gasteiger charge is 2.64. The third-order valence-electron chi connectivity index (χ3n) is 3.38. The first-order valence-corrected chi connectivity index (χ1v) is 6.34. The minimum Gasteiger partial charge on any atom is -0.444 e. The van der Waals surface area contributed by atoms with Crippen molar-refractivity contribution in [1.29, 1.82) is 0 Å². The fourth-order valence-corrected chi connectivity index (χ4v) is 2.45. The van der Waals surface area contributed by atoms with Gasteiger partial charge < -0.3 is 20.1 Å². The number of piperidine rings is 1. The predicted octanol–water partition coefficient (Wildman–Crippen LogP) is 1.13. The van der Waals surface area contributed by atoms with E-state index in [-0.39, 0.29) is 26.3 Å². The average Bonchev–Trinajstić information content (AvgIpc) is 2.16. The highest BCUT2D eigenvalue weighted by molar-refractivity contribution is 5.69. The van der Waals surface area contributed by atoms with Crippen LogP contribution in [0.4, 0.5) is 13.6 Å². The Kier molecular flexibility index (Phi) is 3.47. The molecule has 0 aliphatic carbocycles. The van der Waals surface area contributed by atoms with Crippen LogP contribution < -0.4 is 10.6 Å². The number of carbonyl (C=O) groups is 1. The molecule has 0 spiro atoms. The number of alkyl carbamates (subject to hydrolysis) is 1. The minimum atomic E-state index is -3.01. The monoisotopic (exact) mass is 278 g/mol. The summed E-state index contributed by atoms with van der Waals surface area (Å²) in [6.07, 6.45) is -0.847. The molecule has 110 valence electrons. The smallest absolute Gasteiger partial charge is 0.408 e. The van der Waals surface area contributed by atoms with Gasteiger partial charge in [-0.3, -0.25) is 0 Å². The van der Waals surface area contributed by atoms with E-state index in [0.717, 1.165) is 0 Å². The van der Waals surface area contributed by atoms with Crippen LogP contribution in [0.3, 0.4) is 0 Å². The van der Waals surface area contributed by atoms with E-state index in [1.54, 1.807) is 20.8 Å². The third-order valence-corrected chi connectivity index (χ3v) is 3.38. The van der Waals surface area contributed by atoms with Gasteiger partial charge in [0.15, 0.2) is 0 Å². The van der Waals surface area contributed by atoms with E-state index in [0.29, 0.717) is 0 Å². The van der Waals surface area contributed by atoms with Crippen LogP contribution in [0.25, 0.3) is 0 Å². The quantitative estimate of drug-likeness (QED) is 0.755. The minimum absolute atomic E-state index is 0.00223. The highest BCUT2D eigenvalue weighted by Crippen LogP contribution is 2.42. The second kappa shape index (κ2) is 4.56. The highest BCUT2D eigenvalue weighted by atomic mass is 19.3. The zero-order valence-electron chi connectivity index (χ0n) is 11.4. The topological polar surface area (TPSA) is 59.6 Å². The Morgan fingerprint density at radius 3 is 2.79 bits per heavy atom. The second-order valence-corrected chi connectivity index (χ2v) is 6.17. The van der Waals surface area contributed by atoms with Crippen molar-refractivity contribution in [2.24, 2.45) is 5.92 Å². The van der Waals surface area contributed by atoms with Crippen LogP contribution in [-0.2, 0) is 9.47 Å². The third kappa shape index (κ3) is 2.67. The summed E-state index contributed by atoms with van der Waals surface area (Å²) < 4.78 is 39.0. The first kappa shape index (κ1) is 14.5. The maximum atomic E-state index is 14.4. The summed E-state index contributed by atoms with van der Waals surface area (Å²) in [6, 6.07) is 0. The van der Waals surface area contributed by atoms with Crippen LogP contribution in [-0.4, -0.2) is 49.5 Å². The number of fused-ring (bicyclic) bond motifs is 2. The molecular weight excluding hydrogens is 258 g/mol. The van der Waals surface area contributed by atoms with Crippen molar-refractivity contribution in [3.63, 3.8) is 0 Å². The van der Waals surface area contributed by atoms with Crippen LogP contribution in [0.2, 0.25) is 0 Å². The molecule has 0 aromatic carbocycles. The fourth-order valence-electron chi connectivity index (χ4n) is 2.45. The Labute approximate surface area is 111 Å². The molecule has 0 radical (unpaired) electrons. The maximum Gasteiger partial charge on any atom is 0.408 e. The van der Waals surface area contributed by atoms with Crippen molar-refractivity contribution in [1.82, 2.24) is 10.6 Å². The molecule has 2 bridgehead atoms. The van der Waals surface area contributed by atoms with Crippen LogP contribution in [0.1, 0.15) is 20.8 Å². The molecule has 2 rings (SSSR count). The Morgan fingerprint density at radius 1 is 1.47 bits per heavy atom. The van der Waals surface area contributed by atoms with Gasteiger partial charge in [-0.2, -0.15) is 0 Å². The molecule has 1 amide bonds. The lowest BCUT2D eigenvalue weighted by Gasteiger charge is -2.51. The van der Waals surface area contributed by atoms with Crippen molar-refractivity contribution >= 4 is 6.09 Å². The van der Waals surface area contributed by atoms with Gasteiger partial charge >= 0.3 is 6.09 Å². The molecule has 2 unspecified atom stereocenters. The van der Waals surface area contributed by atoms with Gasteiger partial charge in [0.05, 0.1) is 19.1 Å². The van der Waals surface area contributed by atoms with Gasteiger partial charge in [-0.15, -0.1) is 0 Å². The average molecular weight is 278 g/mol. The van der Waals surface area contributed by atoms with E-state index < -0.39 is 29.1 Å². The summed E-state index contributed by atoms with van der Waals surface area (Å²) in [5.74, 6) is -3.93.